The van der Waals surface area contributed by atoms with E-state index in [0.717, 1.165) is 5.56 Å². The van der Waals surface area contributed by atoms with Gasteiger partial charge in [0.05, 0.1) is 12.2 Å². The van der Waals surface area contributed by atoms with Gasteiger partial charge in [-0.15, -0.1) is 0 Å². The normalized spacial score (nSPS) is 10.8. The summed E-state index contributed by atoms with van der Waals surface area (Å²) in [5, 5.41) is 21.7. The minimum atomic E-state index is -1.12. The van der Waals surface area contributed by atoms with E-state index in [1.807, 2.05) is 31.2 Å². The van der Waals surface area contributed by atoms with E-state index in [1.165, 1.54) is 30.3 Å². The van der Waals surface area contributed by atoms with E-state index in [9.17, 15) is 14.9 Å². The van der Waals surface area contributed by atoms with E-state index in [-0.39, 0.29) is 23.4 Å². The van der Waals surface area contributed by atoms with Crippen LogP contribution in [0, 0.1) is 11.3 Å². The van der Waals surface area contributed by atoms with Crippen molar-refractivity contribution in [3.8, 4) is 17.6 Å². The molecule has 0 radical (unpaired) electrons. The highest BCUT2D eigenvalue weighted by Crippen LogP contribution is 2.31. The Morgan fingerprint density at radius 2 is 1.85 bits per heavy atom. The minimum Gasteiger partial charge on any atom is -0.490 e. The summed E-state index contributed by atoms with van der Waals surface area (Å²) < 4.78 is 11.6. The molecule has 3 aromatic carbocycles. The van der Waals surface area contributed by atoms with Crippen LogP contribution in [-0.2, 0) is 11.4 Å². The summed E-state index contributed by atoms with van der Waals surface area (Å²) in [4.78, 5) is 23.7. The molecule has 0 heterocycles. The Balaban J connectivity index is 1.79. The van der Waals surface area contributed by atoms with Gasteiger partial charge in [0, 0.05) is 16.3 Å². The largest absolute Gasteiger partial charge is 0.490 e. The quantitative estimate of drug-likeness (QED) is 0.309. The summed E-state index contributed by atoms with van der Waals surface area (Å²) in [6, 6.07) is 20.0. The number of nitrogens with one attached hydrogen (secondary N) is 1. The molecule has 7 nitrogen and oxygen atoms in total. The summed E-state index contributed by atoms with van der Waals surface area (Å²) in [6.45, 7) is 2.47. The maximum Gasteiger partial charge on any atom is 0.335 e. The standard InChI is InChI=1S/C26H21ClN2O5/c1-2-33-24-13-17(10-11-23(24)34-16-19-6-3-4-9-22(19)27)12-20(15-28)25(30)29-21-8-5-7-18(14-21)26(31)32/h3-14H,2,16H2,1H3,(H,29,30)(H,31,32)/b20-12+. The lowest BCUT2D eigenvalue weighted by Crippen LogP contribution is -2.14. The lowest BCUT2D eigenvalue weighted by atomic mass is 10.1. The van der Waals surface area contributed by atoms with Crippen LogP contribution in [0.25, 0.3) is 6.08 Å². The third-order valence-corrected chi connectivity index (χ3v) is 5.02. The number of carbonyl (C=O) groups excluding carboxylic acids is 1. The maximum absolute atomic E-state index is 12.6. The fraction of sp³-hybridized carbons (Fsp3) is 0.115. The molecule has 0 saturated carbocycles. The Bertz CT molecular complexity index is 1280. The molecule has 0 aromatic heterocycles. The highest BCUT2D eigenvalue weighted by molar-refractivity contribution is 6.31. The van der Waals surface area contributed by atoms with Crippen molar-refractivity contribution >= 4 is 35.2 Å². The minimum absolute atomic E-state index is 0.0222. The van der Waals surface area contributed by atoms with Gasteiger partial charge in [-0.05, 0) is 55.0 Å². The first-order valence-electron chi connectivity index (χ1n) is 10.3. The van der Waals surface area contributed by atoms with Gasteiger partial charge in [0.25, 0.3) is 5.91 Å². The summed E-state index contributed by atoms with van der Waals surface area (Å²) in [7, 11) is 0. The van der Waals surface area contributed by atoms with Gasteiger partial charge in [-0.3, -0.25) is 4.79 Å². The lowest BCUT2D eigenvalue weighted by Gasteiger charge is -2.13. The number of aromatic carboxylic acids is 1. The van der Waals surface area contributed by atoms with Crippen molar-refractivity contribution in [1.82, 2.24) is 0 Å². The first-order chi connectivity index (χ1) is 16.4. The number of hydrogen-bond donors (Lipinski definition) is 2. The molecular formula is C26H21ClN2O5. The molecule has 0 spiro atoms. The molecule has 0 aliphatic rings. The fourth-order valence-electron chi connectivity index (χ4n) is 3.02. The van der Waals surface area contributed by atoms with E-state index >= 15 is 0 Å². The van der Waals surface area contributed by atoms with E-state index in [2.05, 4.69) is 5.32 Å². The van der Waals surface area contributed by atoms with Crippen molar-refractivity contribution in [3.63, 3.8) is 0 Å². The van der Waals surface area contributed by atoms with Crippen LogP contribution in [0.2, 0.25) is 5.02 Å². The Hall–Kier alpha value is -4.28. The van der Waals surface area contributed by atoms with Gasteiger partial charge in [0.1, 0.15) is 18.2 Å². The Morgan fingerprint density at radius 3 is 2.56 bits per heavy atom. The van der Waals surface area contributed by atoms with Crippen molar-refractivity contribution in [2.75, 3.05) is 11.9 Å². The van der Waals surface area contributed by atoms with Crippen molar-refractivity contribution in [3.05, 3.63) is 94.0 Å². The molecule has 0 aliphatic carbocycles. The smallest absolute Gasteiger partial charge is 0.335 e. The van der Waals surface area contributed by atoms with Crippen molar-refractivity contribution in [2.45, 2.75) is 13.5 Å². The molecule has 3 rings (SSSR count). The Morgan fingerprint density at radius 1 is 1.06 bits per heavy atom. The topological polar surface area (TPSA) is 109 Å². The molecule has 0 bridgehead atoms. The van der Waals surface area contributed by atoms with E-state index in [4.69, 9.17) is 26.2 Å². The zero-order valence-electron chi connectivity index (χ0n) is 18.2. The summed E-state index contributed by atoms with van der Waals surface area (Å²) in [5.41, 5.74) is 1.51. The van der Waals surface area contributed by atoms with Gasteiger partial charge < -0.3 is 19.9 Å². The van der Waals surface area contributed by atoms with E-state index < -0.39 is 11.9 Å². The average Bonchev–Trinajstić information content (AvgIpc) is 2.83. The number of carbonyl (C=O) groups is 2. The Kier molecular flexibility index (Phi) is 8.27. The molecule has 0 unspecified atom stereocenters. The molecule has 3 aromatic rings. The number of nitriles is 1. The fourth-order valence-corrected chi connectivity index (χ4v) is 3.21. The molecule has 0 aliphatic heterocycles. The summed E-state index contributed by atoms with van der Waals surface area (Å²) >= 11 is 6.19. The van der Waals surface area contributed by atoms with Gasteiger partial charge >= 0.3 is 5.97 Å². The third kappa shape index (κ3) is 6.37. The number of rotatable bonds is 9. The van der Waals surface area contributed by atoms with Gasteiger partial charge in [-0.1, -0.05) is 41.9 Å². The first kappa shape index (κ1) is 24.4. The number of halogens is 1. The highest BCUT2D eigenvalue weighted by atomic mass is 35.5. The molecule has 2 N–H and O–H groups in total. The van der Waals surface area contributed by atoms with Crippen LogP contribution in [0.3, 0.4) is 0 Å². The van der Waals surface area contributed by atoms with Gasteiger partial charge in [0.15, 0.2) is 11.5 Å². The van der Waals surface area contributed by atoms with Gasteiger partial charge in [-0.25, -0.2) is 4.79 Å². The second-order valence-corrected chi connectivity index (χ2v) is 7.44. The van der Waals surface area contributed by atoms with Crippen LogP contribution in [-0.4, -0.2) is 23.6 Å². The van der Waals surface area contributed by atoms with Gasteiger partial charge in [-0.2, -0.15) is 5.26 Å². The molecule has 0 atom stereocenters. The van der Waals surface area contributed by atoms with Crippen molar-refractivity contribution in [2.24, 2.45) is 0 Å². The molecule has 8 heteroatoms. The number of hydrogen-bond acceptors (Lipinski definition) is 5. The number of carboxylic acids is 1. The number of ether oxygens (including phenoxy) is 2. The average molecular weight is 477 g/mol. The zero-order chi connectivity index (χ0) is 24.5. The van der Waals surface area contributed by atoms with Crippen LogP contribution in [0.4, 0.5) is 5.69 Å². The number of anilines is 1. The SMILES string of the molecule is CCOc1cc(/C=C(\C#N)C(=O)Nc2cccc(C(=O)O)c2)ccc1OCc1ccccc1Cl. The number of carboxylic acid groups (broad SMARTS) is 1. The van der Waals surface area contributed by atoms with Crippen LogP contribution in [0.1, 0.15) is 28.4 Å². The number of nitrogens with zero attached hydrogens (tertiary/aromatic N) is 1. The van der Waals surface area contributed by atoms with E-state index in [1.54, 1.807) is 24.3 Å². The molecule has 0 fully saturated rings. The van der Waals surface area contributed by atoms with Crippen LogP contribution in [0.5, 0.6) is 11.5 Å². The van der Waals surface area contributed by atoms with Crippen molar-refractivity contribution < 1.29 is 24.2 Å². The maximum atomic E-state index is 12.6. The zero-order valence-corrected chi connectivity index (χ0v) is 19.0. The molecule has 34 heavy (non-hydrogen) atoms. The Labute approximate surface area is 201 Å². The predicted molar refractivity (Wildman–Crippen MR) is 129 cm³/mol. The second-order valence-electron chi connectivity index (χ2n) is 7.03. The summed E-state index contributed by atoms with van der Waals surface area (Å²) in [6.07, 6.45) is 1.41. The monoisotopic (exact) mass is 476 g/mol. The van der Waals surface area contributed by atoms with E-state index in [0.29, 0.717) is 28.7 Å². The van der Waals surface area contributed by atoms with Crippen LogP contribution < -0.4 is 14.8 Å². The first-order valence-corrected chi connectivity index (χ1v) is 10.7. The number of benzene rings is 3. The second kappa shape index (κ2) is 11.5. The third-order valence-electron chi connectivity index (χ3n) is 4.65. The molecular weight excluding hydrogens is 456 g/mol. The van der Waals surface area contributed by atoms with Crippen molar-refractivity contribution in [1.29, 1.82) is 5.26 Å². The summed E-state index contributed by atoms with van der Waals surface area (Å²) in [5.74, 6) is -0.836. The highest BCUT2D eigenvalue weighted by Gasteiger charge is 2.13. The predicted octanol–water partition coefficient (Wildman–Crippen LogP) is 5.56. The van der Waals surface area contributed by atoms with Crippen LogP contribution in [0.15, 0.2) is 72.3 Å². The van der Waals surface area contributed by atoms with Crippen LogP contribution >= 0.6 is 11.6 Å². The lowest BCUT2D eigenvalue weighted by molar-refractivity contribution is -0.112. The van der Waals surface area contributed by atoms with Gasteiger partial charge in [0.2, 0.25) is 0 Å². The molecule has 1 amide bonds. The number of amides is 1. The molecule has 172 valence electrons. The molecule has 0 saturated heterocycles.